The fourth-order valence-corrected chi connectivity index (χ4v) is 1.77. The lowest BCUT2D eigenvalue weighted by atomic mass is 10.5. The Bertz CT molecular complexity index is 327. The summed E-state index contributed by atoms with van der Waals surface area (Å²) in [5.74, 6) is 6.16. The maximum atomic E-state index is 5.39. The van der Waals surface area contributed by atoms with Crippen LogP contribution in [0.1, 0.15) is 22.7 Å². The van der Waals surface area contributed by atoms with E-state index < -0.39 is 0 Å². The van der Waals surface area contributed by atoms with Crippen LogP contribution in [0.4, 0.5) is 0 Å². The highest BCUT2D eigenvalue weighted by Gasteiger charge is 2.21. The summed E-state index contributed by atoms with van der Waals surface area (Å²) < 4.78 is 0. The highest BCUT2D eigenvalue weighted by molar-refractivity contribution is 7.13. The Labute approximate surface area is 80.9 Å². The first-order chi connectivity index (χ1) is 6.29. The van der Waals surface area contributed by atoms with E-state index in [-0.39, 0.29) is 0 Å². The van der Waals surface area contributed by atoms with E-state index >= 15 is 0 Å². The lowest BCUT2D eigenvalue weighted by molar-refractivity contribution is 0.974. The van der Waals surface area contributed by atoms with Gasteiger partial charge in [0.05, 0.1) is 15.9 Å². The number of aryl methyl sites for hydroxylation is 1. The van der Waals surface area contributed by atoms with Crippen LogP contribution < -0.4 is 11.3 Å². The summed E-state index contributed by atoms with van der Waals surface area (Å²) in [5, 5.41) is 1.04. The van der Waals surface area contributed by atoms with Crippen molar-refractivity contribution in [1.29, 1.82) is 0 Å². The number of hydrazine groups is 1. The molecule has 0 aromatic carbocycles. The topological polar surface area (TPSA) is 63.3 Å². The van der Waals surface area contributed by atoms with E-state index in [4.69, 9.17) is 5.84 Å². The first kappa shape index (κ1) is 8.65. The largest absolute Gasteiger partial charge is 0.308 e. The third kappa shape index (κ3) is 2.05. The van der Waals surface area contributed by atoms with E-state index in [1.54, 1.807) is 17.5 Å². The van der Waals surface area contributed by atoms with Crippen molar-refractivity contribution in [3.8, 4) is 0 Å². The molecule has 70 valence electrons. The molecule has 0 spiro atoms. The second-order valence-corrected chi connectivity index (χ2v) is 4.33. The van der Waals surface area contributed by atoms with Crippen LogP contribution in [0.5, 0.6) is 0 Å². The number of aliphatic imine (C=N–C) groups is 1. The molecular weight excluding hydrogens is 184 g/mol. The van der Waals surface area contributed by atoms with Crippen LogP contribution in [0.2, 0.25) is 0 Å². The first-order valence-electron chi connectivity index (χ1n) is 4.27. The highest BCUT2D eigenvalue weighted by atomic mass is 32.1. The summed E-state index contributed by atoms with van der Waals surface area (Å²) in [7, 11) is 0. The lowest BCUT2D eigenvalue weighted by Gasteiger charge is -2.00. The molecule has 1 aromatic rings. The predicted molar refractivity (Wildman–Crippen MR) is 53.7 cm³/mol. The molecule has 2 rings (SSSR count). The molecule has 0 unspecified atom stereocenters. The molecule has 0 radical (unpaired) electrons. The molecule has 5 heteroatoms. The minimum atomic E-state index is 0.480. The average molecular weight is 196 g/mol. The highest BCUT2D eigenvalue weighted by Crippen LogP contribution is 2.24. The number of nitrogens with two attached hydrogens (primary N) is 1. The minimum Gasteiger partial charge on any atom is -0.308 e. The molecule has 0 bridgehead atoms. The van der Waals surface area contributed by atoms with Crippen molar-refractivity contribution < 1.29 is 0 Å². The zero-order valence-electron chi connectivity index (χ0n) is 7.45. The molecule has 1 aromatic heterocycles. The van der Waals surface area contributed by atoms with Gasteiger partial charge in [-0.15, -0.1) is 11.3 Å². The average Bonchev–Trinajstić information content (AvgIpc) is 2.84. The fraction of sp³-hybridized carbons (Fsp3) is 0.500. The van der Waals surface area contributed by atoms with Crippen molar-refractivity contribution in [2.45, 2.75) is 25.8 Å². The Hall–Kier alpha value is -0.940. The summed E-state index contributed by atoms with van der Waals surface area (Å²) in [6, 6.07) is 0.480. The lowest BCUT2D eigenvalue weighted by Crippen LogP contribution is -2.30. The normalized spacial score (nSPS) is 17.5. The Morgan fingerprint density at radius 3 is 3.00 bits per heavy atom. The molecule has 13 heavy (non-hydrogen) atoms. The maximum absolute atomic E-state index is 5.39. The van der Waals surface area contributed by atoms with Gasteiger partial charge in [-0.3, -0.25) is 4.99 Å². The van der Waals surface area contributed by atoms with Crippen molar-refractivity contribution in [1.82, 2.24) is 10.4 Å². The van der Waals surface area contributed by atoms with Crippen LogP contribution in [0.15, 0.2) is 11.2 Å². The Morgan fingerprint density at radius 2 is 2.54 bits per heavy atom. The number of rotatable bonds is 2. The number of thiazole rings is 1. The first-order valence-corrected chi connectivity index (χ1v) is 5.08. The van der Waals surface area contributed by atoms with E-state index in [2.05, 4.69) is 15.4 Å². The zero-order chi connectivity index (χ0) is 9.26. The molecule has 1 aliphatic rings. The molecule has 1 heterocycles. The van der Waals surface area contributed by atoms with E-state index in [9.17, 15) is 0 Å². The van der Waals surface area contributed by atoms with Gasteiger partial charge in [-0.2, -0.15) is 0 Å². The molecule has 0 amide bonds. The van der Waals surface area contributed by atoms with Crippen molar-refractivity contribution in [2.75, 3.05) is 0 Å². The van der Waals surface area contributed by atoms with Crippen molar-refractivity contribution >= 4 is 17.2 Å². The summed E-state index contributed by atoms with van der Waals surface area (Å²) in [6.45, 7) is 1.97. The molecule has 1 aliphatic carbocycles. The van der Waals surface area contributed by atoms with Gasteiger partial charge in [0, 0.05) is 6.20 Å². The van der Waals surface area contributed by atoms with Crippen molar-refractivity contribution in [3.63, 3.8) is 0 Å². The number of nitrogens with one attached hydrogen (secondary N) is 1. The molecule has 0 atom stereocenters. The molecule has 4 nitrogen and oxygen atoms in total. The van der Waals surface area contributed by atoms with Gasteiger partial charge in [0.15, 0.2) is 5.84 Å². The van der Waals surface area contributed by atoms with Crippen LogP contribution in [-0.2, 0) is 0 Å². The Balaban J connectivity index is 2.20. The van der Waals surface area contributed by atoms with Crippen LogP contribution in [0.3, 0.4) is 0 Å². The number of hydrogen-bond acceptors (Lipinski definition) is 4. The zero-order valence-corrected chi connectivity index (χ0v) is 8.27. The summed E-state index contributed by atoms with van der Waals surface area (Å²) in [6.07, 6.45) is 4.17. The number of nitrogens with zero attached hydrogens (tertiary/aromatic N) is 2. The van der Waals surface area contributed by atoms with Crippen LogP contribution in [-0.4, -0.2) is 16.9 Å². The summed E-state index contributed by atoms with van der Waals surface area (Å²) in [5.41, 5.74) is 2.62. The van der Waals surface area contributed by atoms with Gasteiger partial charge in [0.2, 0.25) is 0 Å². The van der Waals surface area contributed by atoms with Gasteiger partial charge in [0.25, 0.3) is 0 Å². The van der Waals surface area contributed by atoms with Crippen molar-refractivity contribution in [3.05, 3.63) is 16.1 Å². The summed E-state index contributed by atoms with van der Waals surface area (Å²) in [4.78, 5) is 9.62. The van der Waals surface area contributed by atoms with Gasteiger partial charge in [-0.25, -0.2) is 10.8 Å². The van der Waals surface area contributed by atoms with Gasteiger partial charge < -0.3 is 5.43 Å². The van der Waals surface area contributed by atoms with Crippen LogP contribution in [0, 0.1) is 6.92 Å². The van der Waals surface area contributed by atoms with Crippen LogP contribution in [0.25, 0.3) is 0 Å². The SMILES string of the molecule is Cc1ncc(C(=NC2CC2)NN)s1. The minimum absolute atomic E-state index is 0.480. The Kier molecular flexibility index (Phi) is 2.28. The van der Waals surface area contributed by atoms with Gasteiger partial charge in [-0.05, 0) is 19.8 Å². The third-order valence-corrected chi connectivity index (χ3v) is 2.77. The maximum Gasteiger partial charge on any atom is 0.154 e. The molecule has 0 aliphatic heterocycles. The van der Waals surface area contributed by atoms with Crippen molar-refractivity contribution in [2.24, 2.45) is 10.8 Å². The third-order valence-electron chi connectivity index (χ3n) is 1.85. The number of aromatic nitrogens is 1. The molecule has 1 fully saturated rings. The summed E-state index contributed by atoms with van der Waals surface area (Å²) >= 11 is 1.61. The monoisotopic (exact) mass is 196 g/mol. The molecule has 0 saturated heterocycles. The van der Waals surface area contributed by atoms with E-state index in [1.807, 2.05) is 6.92 Å². The number of hydrogen-bond donors (Lipinski definition) is 2. The van der Waals surface area contributed by atoms with E-state index in [0.29, 0.717) is 6.04 Å². The molecule has 3 N–H and O–H groups in total. The molecular formula is C8H12N4S. The second kappa shape index (κ2) is 3.43. The van der Waals surface area contributed by atoms with Gasteiger partial charge in [0.1, 0.15) is 0 Å². The Morgan fingerprint density at radius 1 is 1.77 bits per heavy atom. The van der Waals surface area contributed by atoms with Gasteiger partial charge >= 0.3 is 0 Å². The quantitative estimate of drug-likeness (QED) is 0.318. The van der Waals surface area contributed by atoms with Crippen LogP contribution >= 0.6 is 11.3 Å². The fourth-order valence-electron chi connectivity index (χ4n) is 1.03. The van der Waals surface area contributed by atoms with Gasteiger partial charge in [-0.1, -0.05) is 0 Å². The smallest absolute Gasteiger partial charge is 0.154 e. The number of amidine groups is 1. The standard InChI is InChI=1S/C8H12N4S/c1-5-10-4-7(13-5)8(12-9)11-6-2-3-6/h4,6H,2-3,9H2,1H3,(H,11,12). The molecule has 1 saturated carbocycles. The van der Waals surface area contributed by atoms with E-state index in [0.717, 1.165) is 15.7 Å². The van der Waals surface area contributed by atoms with E-state index in [1.165, 1.54) is 12.8 Å². The second-order valence-electron chi connectivity index (χ2n) is 3.10. The predicted octanol–water partition coefficient (Wildman–Crippen LogP) is 0.824.